The van der Waals surface area contributed by atoms with Gasteiger partial charge in [0.25, 0.3) is 0 Å². The predicted molar refractivity (Wildman–Crippen MR) is 87.6 cm³/mol. The van der Waals surface area contributed by atoms with Crippen LogP contribution in [0.3, 0.4) is 0 Å². The van der Waals surface area contributed by atoms with Crippen molar-refractivity contribution in [2.24, 2.45) is 0 Å². The van der Waals surface area contributed by atoms with Gasteiger partial charge in [-0.2, -0.15) is 5.10 Å². The van der Waals surface area contributed by atoms with E-state index in [1.54, 1.807) is 12.3 Å². The summed E-state index contributed by atoms with van der Waals surface area (Å²) in [5, 5.41) is 4.33. The fourth-order valence-electron chi connectivity index (χ4n) is 2.71. The largest absolute Gasteiger partial charge is 0.339 e. The van der Waals surface area contributed by atoms with Gasteiger partial charge in [-0.25, -0.2) is 4.68 Å². The first-order valence-corrected chi connectivity index (χ1v) is 7.90. The molecule has 0 saturated carbocycles. The van der Waals surface area contributed by atoms with Crippen LogP contribution in [0.2, 0.25) is 0 Å². The SMILES string of the molecule is O=C(/C=C/c1cnn(-c2ccccc2)c1)N1CCCCCC1. The fraction of sp³-hybridized carbons (Fsp3) is 0.333. The summed E-state index contributed by atoms with van der Waals surface area (Å²) in [7, 11) is 0. The minimum Gasteiger partial charge on any atom is -0.339 e. The van der Waals surface area contributed by atoms with E-state index in [-0.39, 0.29) is 5.91 Å². The van der Waals surface area contributed by atoms with Crippen molar-refractivity contribution in [3.8, 4) is 5.69 Å². The second kappa shape index (κ2) is 7.07. The van der Waals surface area contributed by atoms with Gasteiger partial charge in [0, 0.05) is 30.9 Å². The number of carbonyl (C=O) groups is 1. The van der Waals surface area contributed by atoms with Gasteiger partial charge < -0.3 is 4.90 Å². The van der Waals surface area contributed by atoms with E-state index in [4.69, 9.17) is 0 Å². The van der Waals surface area contributed by atoms with Crippen LogP contribution >= 0.6 is 0 Å². The average molecular weight is 295 g/mol. The first kappa shape index (κ1) is 14.6. The molecule has 1 amide bonds. The molecule has 1 aliphatic heterocycles. The molecule has 2 heterocycles. The monoisotopic (exact) mass is 295 g/mol. The molecule has 0 spiro atoms. The Morgan fingerprint density at radius 1 is 1.05 bits per heavy atom. The first-order chi connectivity index (χ1) is 10.8. The van der Waals surface area contributed by atoms with E-state index in [0.717, 1.165) is 37.2 Å². The molecule has 1 aliphatic rings. The second-order valence-electron chi connectivity index (χ2n) is 5.63. The van der Waals surface area contributed by atoms with Crippen molar-refractivity contribution >= 4 is 12.0 Å². The fourth-order valence-corrected chi connectivity index (χ4v) is 2.71. The number of likely N-dealkylation sites (tertiary alicyclic amines) is 1. The van der Waals surface area contributed by atoms with Gasteiger partial charge >= 0.3 is 0 Å². The molecular weight excluding hydrogens is 274 g/mol. The lowest BCUT2D eigenvalue weighted by atomic mass is 10.2. The van der Waals surface area contributed by atoms with Gasteiger partial charge in [-0.05, 0) is 31.1 Å². The van der Waals surface area contributed by atoms with E-state index in [0.29, 0.717) is 0 Å². The van der Waals surface area contributed by atoms with Crippen LogP contribution in [0.15, 0.2) is 48.8 Å². The van der Waals surface area contributed by atoms with Gasteiger partial charge in [0.1, 0.15) is 0 Å². The Bertz CT molecular complexity index is 637. The molecule has 2 aromatic rings. The lowest BCUT2D eigenvalue weighted by Crippen LogP contribution is -2.30. The zero-order chi connectivity index (χ0) is 15.2. The van der Waals surface area contributed by atoms with Crippen LogP contribution in [0.1, 0.15) is 31.2 Å². The zero-order valence-electron chi connectivity index (χ0n) is 12.7. The van der Waals surface area contributed by atoms with Crippen molar-refractivity contribution in [2.45, 2.75) is 25.7 Å². The van der Waals surface area contributed by atoms with Crippen molar-refractivity contribution in [2.75, 3.05) is 13.1 Å². The molecule has 0 N–H and O–H groups in total. The molecule has 0 unspecified atom stereocenters. The third kappa shape index (κ3) is 3.64. The summed E-state index contributed by atoms with van der Waals surface area (Å²) >= 11 is 0. The molecule has 0 atom stereocenters. The highest BCUT2D eigenvalue weighted by Crippen LogP contribution is 2.12. The topological polar surface area (TPSA) is 38.1 Å². The van der Waals surface area contributed by atoms with E-state index >= 15 is 0 Å². The number of hydrogen-bond acceptors (Lipinski definition) is 2. The molecule has 0 bridgehead atoms. The number of hydrogen-bond donors (Lipinski definition) is 0. The van der Waals surface area contributed by atoms with E-state index < -0.39 is 0 Å². The van der Waals surface area contributed by atoms with Crippen molar-refractivity contribution in [3.63, 3.8) is 0 Å². The Morgan fingerprint density at radius 2 is 1.77 bits per heavy atom. The number of amides is 1. The third-order valence-electron chi connectivity index (χ3n) is 3.96. The number of rotatable bonds is 3. The molecule has 3 rings (SSSR count). The lowest BCUT2D eigenvalue weighted by Gasteiger charge is -2.17. The van der Waals surface area contributed by atoms with Gasteiger partial charge in [-0.1, -0.05) is 31.0 Å². The number of para-hydroxylation sites is 1. The predicted octanol–water partition coefficient (Wildman–Crippen LogP) is 3.29. The summed E-state index contributed by atoms with van der Waals surface area (Å²) in [6.07, 6.45) is 11.9. The number of nitrogens with zero attached hydrogens (tertiary/aromatic N) is 3. The number of carbonyl (C=O) groups excluding carboxylic acids is 1. The Labute approximate surface area is 131 Å². The Hall–Kier alpha value is -2.36. The molecule has 4 heteroatoms. The van der Waals surface area contributed by atoms with Gasteiger partial charge in [-0.15, -0.1) is 0 Å². The minimum absolute atomic E-state index is 0.106. The molecule has 1 fully saturated rings. The summed E-state index contributed by atoms with van der Waals surface area (Å²) in [5.41, 5.74) is 1.95. The zero-order valence-corrected chi connectivity index (χ0v) is 12.7. The molecule has 0 radical (unpaired) electrons. The average Bonchev–Trinajstić information content (AvgIpc) is 2.87. The first-order valence-electron chi connectivity index (χ1n) is 7.90. The van der Waals surface area contributed by atoms with Crippen LogP contribution in [0.5, 0.6) is 0 Å². The van der Waals surface area contributed by atoms with E-state index in [1.807, 2.05) is 52.2 Å². The van der Waals surface area contributed by atoms with Crippen molar-refractivity contribution in [1.82, 2.24) is 14.7 Å². The summed E-state index contributed by atoms with van der Waals surface area (Å²) in [6, 6.07) is 9.95. The van der Waals surface area contributed by atoms with Crippen molar-refractivity contribution < 1.29 is 4.79 Å². The second-order valence-corrected chi connectivity index (χ2v) is 5.63. The quantitative estimate of drug-likeness (QED) is 0.815. The maximum Gasteiger partial charge on any atom is 0.246 e. The lowest BCUT2D eigenvalue weighted by molar-refractivity contribution is -0.125. The molecule has 1 aromatic carbocycles. The van der Waals surface area contributed by atoms with E-state index in [9.17, 15) is 4.79 Å². The van der Waals surface area contributed by atoms with Gasteiger partial charge in [0.2, 0.25) is 5.91 Å². The highest BCUT2D eigenvalue weighted by atomic mass is 16.2. The molecule has 0 aliphatic carbocycles. The smallest absolute Gasteiger partial charge is 0.246 e. The highest BCUT2D eigenvalue weighted by molar-refractivity contribution is 5.91. The molecule has 1 saturated heterocycles. The van der Waals surface area contributed by atoms with Crippen LogP contribution < -0.4 is 0 Å². The molecular formula is C18H21N3O. The summed E-state index contributed by atoms with van der Waals surface area (Å²) < 4.78 is 1.82. The Kier molecular flexibility index (Phi) is 4.68. The van der Waals surface area contributed by atoms with Gasteiger partial charge in [0.15, 0.2) is 0 Å². The third-order valence-corrected chi connectivity index (χ3v) is 3.96. The standard InChI is InChI=1S/C18H21N3O/c22-18(20-12-6-1-2-7-13-20)11-10-16-14-19-21(15-16)17-8-4-3-5-9-17/h3-5,8-11,14-15H,1-2,6-7,12-13H2/b11-10+. The van der Waals surface area contributed by atoms with Crippen molar-refractivity contribution in [3.05, 3.63) is 54.4 Å². The van der Waals surface area contributed by atoms with Crippen LogP contribution in [-0.4, -0.2) is 33.7 Å². The Morgan fingerprint density at radius 3 is 2.50 bits per heavy atom. The van der Waals surface area contributed by atoms with Gasteiger partial charge in [0.05, 0.1) is 11.9 Å². The highest BCUT2D eigenvalue weighted by Gasteiger charge is 2.12. The summed E-state index contributed by atoms with van der Waals surface area (Å²) in [5.74, 6) is 0.106. The molecule has 1 aromatic heterocycles. The minimum atomic E-state index is 0.106. The molecule has 22 heavy (non-hydrogen) atoms. The maximum atomic E-state index is 12.2. The summed E-state index contributed by atoms with van der Waals surface area (Å²) in [6.45, 7) is 1.76. The molecule has 4 nitrogen and oxygen atoms in total. The van der Waals surface area contributed by atoms with Crippen LogP contribution in [-0.2, 0) is 4.79 Å². The number of benzene rings is 1. The van der Waals surface area contributed by atoms with Crippen LogP contribution in [0, 0.1) is 0 Å². The van der Waals surface area contributed by atoms with E-state index in [1.165, 1.54) is 12.8 Å². The Balaban J connectivity index is 1.65. The molecule has 114 valence electrons. The van der Waals surface area contributed by atoms with E-state index in [2.05, 4.69) is 5.10 Å². The van der Waals surface area contributed by atoms with Crippen LogP contribution in [0.4, 0.5) is 0 Å². The normalized spacial score (nSPS) is 15.9. The van der Waals surface area contributed by atoms with Crippen LogP contribution in [0.25, 0.3) is 11.8 Å². The number of aromatic nitrogens is 2. The maximum absolute atomic E-state index is 12.2. The van der Waals surface area contributed by atoms with Gasteiger partial charge in [-0.3, -0.25) is 4.79 Å². The summed E-state index contributed by atoms with van der Waals surface area (Å²) in [4.78, 5) is 14.2. The van der Waals surface area contributed by atoms with Crippen molar-refractivity contribution in [1.29, 1.82) is 0 Å².